The van der Waals surface area contributed by atoms with Gasteiger partial charge < -0.3 is 0 Å². The Labute approximate surface area is 121 Å². The summed E-state index contributed by atoms with van der Waals surface area (Å²) in [5.41, 5.74) is -2.09. The van der Waals surface area contributed by atoms with E-state index >= 15 is 0 Å². The zero-order chi connectivity index (χ0) is 18.0. The molecule has 1 fully saturated rings. The Morgan fingerprint density at radius 1 is 0.818 bits per heavy atom. The average Bonchev–Trinajstić information content (AvgIpc) is 2.47. The smallest absolute Gasteiger partial charge is 0.292 e. The molecule has 2 unspecified atom stereocenters. The van der Waals surface area contributed by atoms with Crippen LogP contribution >= 0.6 is 0 Å². The molecular formula is C12H16F8O2. The van der Waals surface area contributed by atoms with Crippen molar-refractivity contribution in [2.24, 2.45) is 11.3 Å². The van der Waals surface area contributed by atoms with Crippen molar-refractivity contribution >= 4 is 0 Å². The van der Waals surface area contributed by atoms with Gasteiger partial charge in [0.05, 0.1) is 0 Å². The van der Waals surface area contributed by atoms with E-state index in [2.05, 4.69) is 9.47 Å². The number of hydrogen-bond donors (Lipinski definition) is 0. The van der Waals surface area contributed by atoms with Crippen LogP contribution in [0.5, 0.6) is 0 Å². The maximum atomic E-state index is 14.4. The van der Waals surface area contributed by atoms with Gasteiger partial charge in [0.1, 0.15) is 0 Å². The highest BCUT2D eigenvalue weighted by molar-refractivity contribution is 5.07. The summed E-state index contributed by atoms with van der Waals surface area (Å²) in [6.07, 6.45) is -11.9. The summed E-state index contributed by atoms with van der Waals surface area (Å²) in [6.45, 7) is 4.40. The maximum absolute atomic E-state index is 14.4. The van der Waals surface area contributed by atoms with Crippen LogP contribution < -0.4 is 0 Å². The molecule has 10 heteroatoms. The van der Waals surface area contributed by atoms with E-state index in [1.807, 2.05) is 0 Å². The lowest BCUT2D eigenvalue weighted by Gasteiger charge is -2.45. The Kier molecular flexibility index (Phi) is 4.13. The topological polar surface area (TPSA) is 18.5 Å². The molecule has 0 aromatic carbocycles. The summed E-state index contributed by atoms with van der Waals surface area (Å²) in [5.74, 6) is -15.6. The first kappa shape index (κ1) is 19.4. The minimum absolute atomic E-state index is 0.865. The van der Waals surface area contributed by atoms with Crippen molar-refractivity contribution in [2.75, 3.05) is 0 Å². The molecule has 0 aromatic heterocycles. The van der Waals surface area contributed by atoms with Crippen LogP contribution in [0.2, 0.25) is 0 Å². The van der Waals surface area contributed by atoms with Gasteiger partial charge in [-0.3, -0.25) is 9.47 Å². The summed E-state index contributed by atoms with van der Waals surface area (Å²) in [7, 11) is 0. The van der Waals surface area contributed by atoms with Crippen LogP contribution in [0.25, 0.3) is 0 Å². The monoisotopic (exact) mass is 344 g/mol. The highest BCUT2D eigenvalue weighted by atomic mass is 19.4. The highest BCUT2D eigenvalue weighted by Gasteiger charge is 2.88. The van der Waals surface area contributed by atoms with Gasteiger partial charge in [0.25, 0.3) is 0 Å². The standard InChI is InChI=1S/C12H16F8O2/c1-6(2)8(13,14)10(7(3,4)5)21-9(15,11(16,17)18)12(19,20)22-10/h6H,1-5H3. The number of rotatable bonds is 2. The molecule has 1 heterocycles. The average molecular weight is 344 g/mol. The van der Waals surface area contributed by atoms with Crippen LogP contribution in [-0.4, -0.2) is 29.8 Å². The van der Waals surface area contributed by atoms with Crippen molar-refractivity contribution in [1.82, 2.24) is 0 Å². The van der Waals surface area contributed by atoms with E-state index in [4.69, 9.17) is 0 Å². The molecule has 132 valence electrons. The molecule has 2 nitrogen and oxygen atoms in total. The van der Waals surface area contributed by atoms with Crippen molar-refractivity contribution in [3.05, 3.63) is 0 Å². The van der Waals surface area contributed by atoms with Gasteiger partial charge in [-0.1, -0.05) is 34.6 Å². The van der Waals surface area contributed by atoms with Crippen LogP contribution in [0.15, 0.2) is 0 Å². The summed E-state index contributed by atoms with van der Waals surface area (Å²) < 4.78 is 115. The molecule has 0 bridgehead atoms. The Morgan fingerprint density at radius 3 is 1.45 bits per heavy atom. The second-order valence-corrected chi connectivity index (χ2v) is 6.46. The van der Waals surface area contributed by atoms with Gasteiger partial charge in [-0.25, -0.2) is 8.78 Å². The predicted molar refractivity (Wildman–Crippen MR) is 59.0 cm³/mol. The third-order valence-corrected chi connectivity index (χ3v) is 3.45. The second kappa shape index (κ2) is 4.68. The van der Waals surface area contributed by atoms with Crippen LogP contribution in [0.4, 0.5) is 35.1 Å². The zero-order valence-corrected chi connectivity index (χ0v) is 12.4. The first-order valence-electron chi connectivity index (χ1n) is 6.27. The van der Waals surface area contributed by atoms with E-state index < -0.39 is 41.2 Å². The molecule has 1 rings (SSSR count). The fourth-order valence-corrected chi connectivity index (χ4v) is 2.07. The molecule has 0 amide bonds. The number of halogens is 8. The molecule has 0 radical (unpaired) electrons. The lowest BCUT2D eigenvalue weighted by molar-refractivity contribution is -0.404. The molecule has 22 heavy (non-hydrogen) atoms. The molecule has 1 aliphatic rings. The fourth-order valence-electron chi connectivity index (χ4n) is 2.07. The molecule has 0 N–H and O–H groups in total. The van der Waals surface area contributed by atoms with Crippen molar-refractivity contribution in [2.45, 2.75) is 64.5 Å². The first-order chi connectivity index (χ1) is 9.36. The van der Waals surface area contributed by atoms with E-state index in [9.17, 15) is 35.1 Å². The van der Waals surface area contributed by atoms with Gasteiger partial charge in [0.15, 0.2) is 0 Å². The van der Waals surface area contributed by atoms with Gasteiger partial charge >= 0.3 is 24.1 Å². The summed E-state index contributed by atoms with van der Waals surface area (Å²) in [6, 6.07) is 0. The van der Waals surface area contributed by atoms with Crippen molar-refractivity contribution < 1.29 is 44.6 Å². The SMILES string of the molecule is CC(C)C(F)(F)C1(C(C)(C)C)OC(F)(F)C(F)(C(F)(F)F)O1. The lowest BCUT2D eigenvalue weighted by atomic mass is 9.77. The van der Waals surface area contributed by atoms with E-state index in [1.54, 1.807) is 0 Å². The molecule has 0 aliphatic carbocycles. The Hall–Kier alpha value is -0.640. The molecular weight excluding hydrogens is 328 g/mol. The first-order valence-corrected chi connectivity index (χ1v) is 6.27. The van der Waals surface area contributed by atoms with Gasteiger partial charge in [0.2, 0.25) is 5.79 Å². The second-order valence-electron chi connectivity index (χ2n) is 6.46. The largest absolute Gasteiger partial charge is 0.458 e. The lowest BCUT2D eigenvalue weighted by Crippen LogP contribution is -2.61. The minimum atomic E-state index is -6.27. The van der Waals surface area contributed by atoms with E-state index in [-0.39, 0.29) is 0 Å². The van der Waals surface area contributed by atoms with Crippen LogP contribution in [0.1, 0.15) is 34.6 Å². The van der Waals surface area contributed by atoms with E-state index in [0.29, 0.717) is 0 Å². The molecule has 0 spiro atoms. The number of alkyl halides is 8. The van der Waals surface area contributed by atoms with Gasteiger partial charge in [-0.2, -0.15) is 26.3 Å². The summed E-state index contributed by atoms with van der Waals surface area (Å²) in [5, 5.41) is 0. The quantitative estimate of drug-likeness (QED) is 0.664. The number of hydrogen-bond acceptors (Lipinski definition) is 2. The van der Waals surface area contributed by atoms with Gasteiger partial charge in [-0.15, -0.1) is 0 Å². The predicted octanol–water partition coefficient (Wildman–Crippen LogP) is 4.89. The Morgan fingerprint density at radius 2 is 1.23 bits per heavy atom. The molecule has 2 atom stereocenters. The maximum Gasteiger partial charge on any atom is 0.458 e. The van der Waals surface area contributed by atoms with E-state index in [0.717, 1.165) is 34.6 Å². The number of ether oxygens (including phenoxy) is 2. The zero-order valence-electron chi connectivity index (χ0n) is 12.4. The van der Waals surface area contributed by atoms with Gasteiger partial charge in [-0.05, 0) is 0 Å². The van der Waals surface area contributed by atoms with Crippen molar-refractivity contribution in [3.8, 4) is 0 Å². The fraction of sp³-hybridized carbons (Fsp3) is 1.00. The molecule has 0 aromatic rings. The summed E-state index contributed by atoms with van der Waals surface area (Å²) in [4.78, 5) is 0. The highest BCUT2D eigenvalue weighted by Crippen LogP contribution is 2.64. The third-order valence-electron chi connectivity index (χ3n) is 3.45. The molecule has 1 saturated heterocycles. The Balaban J connectivity index is 3.61. The normalized spacial score (nSPS) is 33.5. The minimum Gasteiger partial charge on any atom is -0.292 e. The summed E-state index contributed by atoms with van der Waals surface area (Å²) >= 11 is 0. The molecule has 1 aliphatic heterocycles. The molecule has 0 saturated carbocycles. The van der Waals surface area contributed by atoms with Crippen molar-refractivity contribution in [1.29, 1.82) is 0 Å². The Bertz CT molecular complexity index is 439. The van der Waals surface area contributed by atoms with E-state index in [1.165, 1.54) is 0 Å². The van der Waals surface area contributed by atoms with Gasteiger partial charge in [0, 0.05) is 11.3 Å². The van der Waals surface area contributed by atoms with Crippen LogP contribution in [0.3, 0.4) is 0 Å². The van der Waals surface area contributed by atoms with Crippen molar-refractivity contribution in [3.63, 3.8) is 0 Å². The van der Waals surface area contributed by atoms with Crippen LogP contribution in [-0.2, 0) is 9.47 Å². The third kappa shape index (κ3) is 2.29. The van der Waals surface area contributed by atoms with Crippen LogP contribution in [0, 0.1) is 11.3 Å².